The van der Waals surface area contributed by atoms with Crippen LogP contribution in [0.4, 0.5) is 5.69 Å². The molecule has 96 valence electrons. The molecule has 0 spiro atoms. The number of anilines is 1. The molecule has 0 aliphatic rings. The second-order valence-electron chi connectivity index (χ2n) is 3.78. The van der Waals surface area contributed by atoms with Crippen molar-refractivity contribution in [3.8, 4) is 0 Å². The van der Waals surface area contributed by atoms with Crippen molar-refractivity contribution in [1.82, 2.24) is 0 Å². The zero-order valence-electron chi connectivity index (χ0n) is 9.57. The van der Waals surface area contributed by atoms with Crippen molar-refractivity contribution >= 4 is 15.5 Å². The van der Waals surface area contributed by atoms with Gasteiger partial charge < -0.3 is 15.9 Å². The van der Waals surface area contributed by atoms with E-state index in [9.17, 15) is 13.5 Å². The summed E-state index contributed by atoms with van der Waals surface area (Å²) in [4.78, 5) is 0. The third-order valence-electron chi connectivity index (χ3n) is 2.67. The molecule has 2 unspecified atom stereocenters. The maximum atomic E-state index is 11.7. The van der Waals surface area contributed by atoms with Crippen molar-refractivity contribution in [2.45, 2.75) is 18.3 Å². The van der Waals surface area contributed by atoms with E-state index in [1.807, 2.05) is 0 Å². The number of aliphatic hydroxyl groups excluding tert-OH is 2. The molecule has 0 heterocycles. The summed E-state index contributed by atoms with van der Waals surface area (Å²) in [5.41, 5.74) is 6.45. The fraction of sp³-hybridized carbons (Fsp3) is 0.455. The van der Waals surface area contributed by atoms with Gasteiger partial charge in [-0.2, -0.15) is 0 Å². The van der Waals surface area contributed by atoms with Crippen molar-refractivity contribution in [3.05, 3.63) is 29.8 Å². The average Bonchev–Trinajstić information content (AvgIpc) is 2.30. The minimum Gasteiger partial charge on any atom is -0.399 e. The van der Waals surface area contributed by atoms with Gasteiger partial charge in [0.05, 0.1) is 12.7 Å². The lowest BCUT2D eigenvalue weighted by atomic mass is 10.1. The van der Waals surface area contributed by atoms with Gasteiger partial charge in [0.2, 0.25) is 0 Å². The van der Waals surface area contributed by atoms with Crippen molar-refractivity contribution in [2.24, 2.45) is 0 Å². The monoisotopic (exact) mass is 259 g/mol. The highest BCUT2D eigenvalue weighted by Crippen LogP contribution is 2.23. The Balaban J connectivity index is 3.02. The molecule has 0 saturated heterocycles. The van der Waals surface area contributed by atoms with Crippen LogP contribution in [0.15, 0.2) is 24.3 Å². The van der Waals surface area contributed by atoms with E-state index in [1.54, 1.807) is 24.3 Å². The largest absolute Gasteiger partial charge is 0.399 e. The highest BCUT2D eigenvalue weighted by Gasteiger charge is 2.31. The number of hydrogen-bond donors (Lipinski definition) is 3. The van der Waals surface area contributed by atoms with Gasteiger partial charge in [-0.3, -0.25) is 0 Å². The van der Waals surface area contributed by atoms with E-state index in [1.165, 1.54) is 6.92 Å². The molecule has 0 bridgehead atoms. The summed E-state index contributed by atoms with van der Waals surface area (Å²) < 4.78 is 23.3. The fourth-order valence-electron chi connectivity index (χ4n) is 1.53. The molecule has 0 fully saturated rings. The van der Waals surface area contributed by atoms with Crippen LogP contribution in [-0.4, -0.2) is 36.2 Å². The van der Waals surface area contributed by atoms with E-state index >= 15 is 0 Å². The molecular formula is C11H17NO4S. The van der Waals surface area contributed by atoms with E-state index in [4.69, 9.17) is 10.8 Å². The Hall–Kier alpha value is -1.11. The van der Waals surface area contributed by atoms with Crippen LogP contribution in [0.5, 0.6) is 0 Å². The van der Waals surface area contributed by atoms with E-state index < -0.39 is 27.8 Å². The van der Waals surface area contributed by atoms with E-state index in [-0.39, 0.29) is 5.75 Å². The zero-order valence-corrected chi connectivity index (χ0v) is 10.4. The molecule has 0 aliphatic carbocycles. The zero-order chi connectivity index (χ0) is 13.1. The Morgan fingerprint density at radius 1 is 1.29 bits per heavy atom. The van der Waals surface area contributed by atoms with Crippen LogP contribution in [0.25, 0.3) is 0 Å². The summed E-state index contributed by atoms with van der Waals surface area (Å²) in [7, 11) is -3.50. The summed E-state index contributed by atoms with van der Waals surface area (Å²) in [5, 5.41) is 17.9. The number of aliphatic hydroxyl groups is 2. The number of nitrogens with two attached hydrogens (primary N) is 1. The fourth-order valence-corrected chi connectivity index (χ4v) is 2.74. The maximum Gasteiger partial charge on any atom is 0.158 e. The summed E-state index contributed by atoms with van der Waals surface area (Å²) in [6.07, 6.45) is -1.24. The average molecular weight is 259 g/mol. The lowest BCUT2D eigenvalue weighted by Gasteiger charge is -2.20. The van der Waals surface area contributed by atoms with Gasteiger partial charge >= 0.3 is 0 Å². The summed E-state index contributed by atoms with van der Waals surface area (Å²) >= 11 is 0. The number of sulfone groups is 1. The highest BCUT2D eigenvalue weighted by molar-refractivity contribution is 7.92. The molecule has 1 aromatic rings. The molecule has 4 N–H and O–H groups in total. The van der Waals surface area contributed by atoms with Gasteiger partial charge in [0.25, 0.3) is 0 Å². The smallest absolute Gasteiger partial charge is 0.158 e. The number of rotatable bonds is 5. The van der Waals surface area contributed by atoms with Gasteiger partial charge in [0.15, 0.2) is 9.84 Å². The van der Waals surface area contributed by atoms with E-state index in [0.717, 1.165) is 0 Å². The standard InChI is InChI=1S/C11H17NO4S/c1-2-17(15,16)10(7-13)11(14)8-3-5-9(12)6-4-8/h3-6,10-11,13-14H,2,7,12H2,1H3. The molecule has 0 aromatic heterocycles. The Morgan fingerprint density at radius 3 is 2.24 bits per heavy atom. The van der Waals surface area contributed by atoms with Crippen molar-refractivity contribution < 1.29 is 18.6 Å². The molecule has 0 radical (unpaired) electrons. The van der Waals surface area contributed by atoms with Gasteiger partial charge in [-0.25, -0.2) is 8.42 Å². The summed E-state index contributed by atoms with van der Waals surface area (Å²) in [6.45, 7) is 0.870. The molecule has 0 saturated carbocycles. The highest BCUT2D eigenvalue weighted by atomic mass is 32.2. The SMILES string of the molecule is CCS(=O)(=O)C(CO)C(O)c1ccc(N)cc1. The minimum atomic E-state index is -3.50. The van der Waals surface area contributed by atoms with Crippen LogP contribution in [0.1, 0.15) is 18.6 Å². The molecular weight excluding hydrogens is 242 g/mol. The minimum absolute atomic E-state index is 0.121. The summed E-state index contributed by atoms with van der Waals surface area (Å²) in [5.74, 6) is -0.121. The maximum absolute atomic E-state index is 11.7. The lowest BCUT2D eigenvalue weighted by molar-refractivity contribution is 0.138. The van der Waals surface area contributed by atoms with Crippen LogP contribution in [0.3, 0.4) is 0 Å². The molecule has 0 amide bonds. The molecule has 6 heteroatoms. The molecule has 5 nitrogen and oxygen atoms in total. The quantitative estimate of drug-likeness (QED) is 0.651. The second kappa shape index (κ2) is 5.48. The van der Waals surface area contributed by atoms with E-state index in [2.05, 4.69) is 0 Å². The van der Waals surface area contributed by atoms with Gasteiger partial charge in [0, 0.05) is 11.4 Å². The van der Waals surface area contributed by atoms with Crippen LogP contribution >= 0.6 is 0 Å². The second-order valence-corrected chi connectivity index (χ2v) is 6.29. The van der Waals surface area contributed by atoms with Crippen molar-refractivity contribution in [2.75, 3.05) is 18.1 Å². The molecule has 1 aromatic carbocycles. The molecule has 17 heavy (non-hydrogen) atoms. The predicted octanol–water partition coefficient (Wildman–Crippen LogP) is 0.0978. The van der Waals surface area contributed by atoms with Crippen LogP contribution in [-0.2, 0) is 9.84 Å². The van der Waals surface area contributed by atoms with Crippen molar-refractivity contribution in [3.63, 3.8) is 0 Å². The normalized spacial score (nSPS) is 15.5. The summed E-state index contributed by atoms with van der Waals surface area (Å²) in [6, 6.07) is 6.25. The number of nitrogen functional groups attached to an aromatic ring is 1. The third-order valence-corrected chi connectivity index (χ3v) is 4.81. The van der Waals surface area contributed by atoms with Crippen LogP contribution in [0, 0.1) is 0 Å². The topological polar surface area (TPSA) is 101 Å². The van der Waals surface area contributed by atoms with E-state index in [0.29, 0.717) is 11.3 Å². The lowest BCUT2D eigenvalue weighted by Crippen LogP contribution is -2.33. The predicted molar refractivity (Wildman–Crippen MR) is 66.1 cm³/mol. The molecule has 0 aliphatic heterocycles. The van der Waals surface area contributed by atoms with Crippen LogP contribution in [0.2, 0.25) is 0 Å². The van der Waals surface area contributed by atoms with Gasteiger partial charge in [0.1, 0.15) is 5.25 Å². The van der Waals surface area contributed by atoms with Gasteiger partial charge in [-0.1, -0.05) is 19.1 Å². The first-order valence-electron chi connectivity index (χ1n) is 5.28. The third kappa shape index (κ3) is 3.18. The Morgan fingerprint density at radius 2 is 1.82 bits per heavy atom. The van der Waals surface area contributed by atoms with Gasteiger partial charge in [-0.05, 0) is 17.7 Å². The first kappa shape index (κ1) is 14.0. The number of benzene rings is 1. The Bertz CT molecular complexity index is 455. The van der Waals surface area contributed by atoms with Crippen LogP contribution < -0.4 is 5.73 Å². The molecule has 2 atom stereocenters. The Labute approximate surface area is 101 Å². The van der Waals surface area contributed by atoms with Gasteiger partial charge in [-0.15, -0.1) is 0 Å². The first-order chi connectivity index (χ1) is 7.92. The van der Waals surface area contributed by atoms with Crippen molar-refractivity contribution in [1.29, 1.82) is 0 Å². The first-order valence-corrected chi connectivity index (χ1v) is 6.99. The Kier molecular flexibility index (Phi) is 4.50. The molecule has 1 rings (SSSR count). The number of hydrogen-bond acceptors (Lipinski definition) is 5.